The fourth-order valence-corrected chi connectivity index (χ4v) is 0.755. The van der Waals surface area contributed by atoms with Crippen LogP contribution in [0.15, 0.2) is 24.3 Å². The van der Waals surface area contributed by atoms with Gasteiger partial charge in [-0.2, -0.15) is 0 Å². The van der Waals surface area contributed by atoms with Crippen molar-refractivity contribution in [2.24, 2.45) is 0 Å². The van der Waals surface area contributed by atoms with Gasteiger partial charge in [0.2, 0.25) is 0 Å². The second-order valence-corrected chi connectivity index (χ2v) is 2.19. The van der Waals surface area contributed by atoms with Crippen LogP contribution < -0.4 is 0 Å². The minimum Gasteiger partial charge on any atom is -0.478 e. The standard InChI is InChI=1S/C8H6O4.Pd/c9-7(10)5-1-2-6(4-3-5)8(11)12;/h1-4H,(H,9,10)(H,11,12);. The van der Waals surface area contributed by atoms with Crippen LogP contribution in [0.25, 0.3) is 0 Å². The van der Waals surface area contributed by atoms with E-state index in [9.17, 15) is 9.59 Å². The Labute approximate surface area is 87.9 Å². The molecular formula is C8H6O4Pd. The fraction of sp³-hybridized carbons (Fsp3) is 0. The number of hydrogen-bond acceptors (Lipinski definition) is 2. The maximum absolute atomic E-state index is 10.3. The van der Waals surface area contributed by atoms with Crippen molar-refractivity contribution in [3.63, 3.8) is 0 Å². The number of carboxylic acid groups (broad SMARTS) is 2. The van der Waals surface area contributed by atoms with Gasteiger partial charge in [-0.05, 0) is 24.3 Å². The van der Waals surface area contributed by atoms with E-state index in [2.05, 4.69) is 0 Å². The van der Waals surface area contributed by atoms with Gasteiger partial charge in [0, 0.05) is 20.4 Å². The minimum absolute atomic E-state index is 0. The summed E-state index contributed by atoms with van der Waals surface area (Å²) in [5.41, 5.74) is 0.167. The molecule has 0 spiro atoms. The molecule has 5 heteroatoms. The van der Waals surface area contributed by atoms with E-state index in [0.29, 0.717) is 0 Å². The van der Waals surface area contributed by atoms with Crippen LogP contribution in [0.4, 0.5) is 0 Å². The van der Waals surface area contributed by atoms with Crippen LogP contribution in [0.5, 0.6) is 0 Å². The first-order valence-electron chi connectivity index (χ1n) is 3.18. The zero-order valence-corrected chi connectivity index (χ0v) is 7.89. The third kappa shape index (κ3) is 2.98. The van der Waals surface area contributed by atoms with E-state index in [1.54, 1.807) is 0 Å². The van der Waals surface area contributed by atoms with Crippen LogP contribution in [0, 0.1) is 0 Å². The Balaban J connectivity index is 0.00000144. The van der Waals surface area contributed by atoms with Gasteiger partial charge in [0.25, 0.3) is 0 Å². The van der Waals surface area contributed by atoms with E-state index in [1.807, 2.05) is 0 Å². The van der Waals surface area contributed by atoms with Crippen LogP contribution in [0.2, 0.25) is 0 Å². The van der Waals surface area contributed by atoms with Gasteiger partial charge in [-0.1, -0.05) is 0 Å². The second kappa shape index (κ2) is 4.75. The van der Waals surface area contributed by atoms with Gasteiger partial charge >= 0.3 is 11.9 Å². The Kier molecular flexibility index (Phi) is 4.32. The Bertz CT molecular complexity index is 284. The molecule has 0 aliphatic heterocycles. The minimum atomic E-state index is -1.06. The molecule has 0 fully saturated rings. The summed E-state index contributed by atoms with van der Waals surface area (Å²) >= 11 is 0. The van der Waals surface area contributed by atoms with Crippen molar-refractivity contribution in [2.75, 3.05) is 0 Å². The average molecular weight is 273 g/mol. The molecule has 4 nitrogen and oxygen atoms in total. The van der Waals surface area contributed by atoms with Gasteiger partial charge in [0.1, 0.15) is 0 Å². The molecule has 0 aliphatic rings. The average Bonchev–Trinajstić information content (AvgIpc) is 2.04. The fourth-order valence-electron chi connectivity index (χ4n) is 0.755. The molecule has 72 valence electrons. The van der Waals surface area contributed by atoms with Crippen LogP contribution in [-0.4, -0.2) is 22.2 Å². The number of aromatic carboxylic acids is 2. The molecule has 0 saturated carbocycles. The second-order valence-electron chi connectivity index (χ2n) is 2.19. The summed E-state index contributed by atoms with van der Waals surface area (Å²) in [4.78, 5) is 20.7. The van der Waals surface area contributed by atoms with E-state index in [4.69, 9.17) is 10.2 Å². The van der Waals surface area contributed by atoms with Crippen molar-refractivity contribution >= 4 is 11.9 Å². The molecule has 0 aromatic heterocycles. The zero-order valence-electron chi connectivity index (χ0n) is 6.34. The molecule has 13 heavy (non-hydrogen) atoms. The quantitative estimate of drug-likeness (QED) is 0.790. The molecule has 2 N–H and O–H groups in total. The smallest absolute Gasteiger partial charge is 0.335 e. The molecule has 1 aromatic rings. The van der Waals surface area contributed by atoms with E-state index < -0.39 is 11.9 Å². The number of hydrogen-bond donors (Lipinski definition) is 2. The first-order chi connectivity index (χ1) is 5.61. The molecule has 0 heterocycles. The number of carbonyl (C=O) groups is 2. The van der Waals surface area contributed by atoms with Gasteiger partial charge in [0.05, 0.1) is 11.1 Å². The predicted octanol–water partition coefficient (Wildman–Crippen LogP) is 1.08. The summed E-state index contributed by atoms with van der Waals surface area (Å²) in [6, 6.07) is 5.02. The molecule has 0 amide bonds. The molecule has 0 aliphatic carbocycles. The summed E-state index contributed by atoms with van der Waals surface area (Å²) in [7, 11) is 0. The summed E-state index contributed by atoms with van der Waals surface area (Å²) in [6.07, 6.45) is 0. The van der Waals surface area contributed by atoms with Crippen molar-refractivity contribution in [1.82, 2.24) is 0 Å². The molecule has 0 radical (unpaired) electrons. The predicted molar refractivity (Wildman–Crippen MR) is 40.4 cm³/mol. The Morgan fingerprint density at radius 1 is 0.846 bits per heavy atom. The summed E-state index contributed by atoms with van der Waals surface area (Å²) in [6.45, 7) is 0. The molecule has 1 rings (SSSR count). The Morgan fingerprint density at radius 2 is 1.08 bits per heavy atom. The van der Waals surface area contributed by atoms with Crippen molar-refractivity contribution in [3.8, 4) is 0 Å². The van der Waals surface area contributed by atoms with Crippen LogP contribution >= 0.6 is 0 Å². The van der Waals surface area contributed by atoms with Crippen molar-refractivity contribution in [2.45, 2.75) is 0 Å². The van der Waals surface area contributed by atoms with Crippen LogP contribution in [0.1, 0.15) is 20.7 Å². The largest absolute Gasteiger partial charge is 0.478 e. The van der Waals surface area contributed by atoms with Crippen molar-refractivity contribution in [3.05, 3.63) is 35.4 Å². The maximum Gasteiger partial charge on any atom is 0.335 e. The van der Waals surface area contributed by atoms with E-state index >= 15 is 0 Å². The SMILES string of the molecule is O=C(O)c1ccc(C(=O)O)cc1.[Pd]. The molecule has 0 atom stereocenters. The zero-order chi connectivity index (χ0) is 9.14. The third-order valence-electron chi connectivity index (χ3n) is 1.38. The van der Waals surface area contributed by atoms with Gasteiger partial charge in [-0.3, -0.25) is 0 Å². The van der Waals surface area contributed by atoms with E-state index in [-0.39, 0.29) is 31.5 Å². The third-order valence-corrected chi connectivity index (χ3v) is 1.38. The Hall–Kier alpha value is -1.18. The number of carboxylic acids is 2. The van der Waals surface area contributed by atoms with Crippen molar-refractivity contribution in [1.29, 1.82) is 0 Å². The molecule has 0 bridgehead atoms. The monoisotopic (exact) mass is 272 g/mol. The van der Waals surface area contributed by atoms with Crippen LogP contribution in [0.3, 0.4) is 0 Å². The molecule has 0 saturated heterocycles. The molecule has 1 aromatic carbocycles. The van der Waals surface area contributed by atoms with E-state index in [1.165, 1.54) is 24.3 Å². The maximum atomic E-state index is 10.3. The van der Waals surface area contributed by atoms with E-state index in [0.717, 1.165) is 0 Å². The first kappa shape index (κ1) is 11.8. The summed E-state index contributed by atoms with van der Waals surface area (Å²) in [5, 5.41) is 16.9. The van der Waals surface area contributed by atoms with Gasteiger partial charge < -0.3 is 10.2 Å². The number of benzene rings is 1. The Morgan fingerprint density at radius 3 is 1.23 bits per heavy atom. The van der Waals surface area contributed by atoms with Crippen molar-refractivity contribution < 1.29 is 40.2 Å². The molecular weight excluding hydrogens is 267 g/mol. The van der Waals surface area contributed by atoms with Gasteiger partial charge in [-0.15, -0.1) is 0 Å². The molecule has 0 unspecified atom stereocenters. The summed E-state index contributed by atoms with van der Waals surface area (Å²) in [5.74, 6) is -2.13. The topological polar surface area (TPSA) is 74.6 Å². The van der Waals surface area contributed by atoms with Gasteiger partial charge in [-0.25, -0.2) is 9.59 Å². The first-order valence-corrected chi connectivity index (χ1v) is 3.18. The van der Waals surface area contributed by atoms with Crippen LogP contribution in [-0.2, 0) is 20.4 Å². The normalized spacial score (nSPS) is 8.62. The summed E-state index contributed by atoms with van der Waals surface area (Å²) < 4.78 is 0. The van der Waals surface area contributed by atoms with Gasteiger partial charge in [0.15, 0.2) is 0 Å². The number of rotatable bonds is 2.